The minimum Gasteiger partial charge on any atom is -0.468 e. The highest BCUT2D eigenvalue weighted by Gasteiger charge is 2.35. The zero-order valence-electron chi connectivity index (χ0n) is 9.80. The van der Waals surface area contributed by atoms with Crippen molar-refractivity contribution in [1.29, 1.82) is 0 Å². The van der Waals surface area contributed by atoms with Crippen LogP contribution < -0.4 is 0 Å². The summed E-state index contributed by atoms with van der Waals surface area (Å²) in [6.45, 7) is -0.731. The van der Waals surface area contributed by atoms with Crippen molar-refractivity contribution < 1.29 is 17.8 Å². The van der Waals surface area contributed by atoms with E-state index in [0.717, 1.165) is 0 Å². The summed E-state index contributed by atoms with van der Waals surface area (Å²) in [5.41, 5.74) is 0. The van der Waals surface area contributed by atoms with Gasteiger partial charge in [0, 0.05) is 4.92 Å². The maximum Gasteiger partial charge on any atom is 0.228 e. The van der Waals surface area contributed by atoms with Crippen LogP contribution in [-0.2, 0) is 9.84 Å². The van der Waals surface area contributed by atoms with Gasteiger partial charge >= 0.3 is 0 Å². The van der Waals surface area contributed by atoms with Gasteiger partial charge in [0.15, 0.2) is 15.1 Å². The Morgan fingerprint density at radius 3 is 2.37 bits per heavy atom. The van der Waals surface area contributed by atoms with E-state index in [1.165, 1.54) is 30.5 Å². The molecule has 1 heterocycles. The van der Waals surface area contributed by atoms with Gasteiger partial charge in [0.1, 0.15) is 5.76 Å². The molecule has 2 rings (SSSR count). The smallest absolute Gasteiger partial charge is 0.228 e. The van der Waals surface area contributed by atoms with Crippen molar-refractivity contribution in [3.8, 4) is 0 Å². The first-order chi connectivity index (χ1) is 9.01. The van der Waals surface area contributed by atoms with Crippen molar-refractivity contribution in [2.45, 2.75) is 10.1 Å². The quantitative estimate of drug-likeness (QED) is 0.618. The van der Waals surface area contributed by atoms with E-state index in [4.69, 9.17) is 4.42 Å². The molecule has 0 unspecified atom stereocenters. The Kier molecular flexibility index (Phi) is 3.66. The Bertz CT molecular complexity index is 649. The molecule has 0 radical (unpaired) electrons. The second-order valence-electron chi connectivity index (χ2n) is 3.88. The average molecular weight is 281 g/mol. The third-order valence-electron chi connectivity index (χ3n) is 2.62. The minimum absolute atomic E-state index is 0.0400. The molecule has 1 aromatic carbocycles. The number of hydrogen-bond acceptors (Lipinski definition) is 5. The number of nitrogens with zero attached hydrogens (tertiary/aromatic N) is 1. The molecule has 19 heavy (non-hydrogen) atoms. The van der Waals surface area contributed by atoms with Crippen LogP contribution in [0.15, 0.2) is 58.0 Å². The standard InChI is InChI=1S/C12H11NO5S/c14-13(15)9-12(11-7-4-8-18-11)19(16,17)10-5-2-1-3-6-10/h1-8,12H,9H2/t12-/m0/s1. The first-order valence-corrected chi connectivity index (χ1v) is 7.00. The molecule has 0 bridgehead atoms. The third-order valence-corrected chi connectivity index (χ3v) is 4.68. The monoisotopic (exact) mass is 281 g/mol. The van der Waals surface area contributed by atoms with Gasteiger partial charge in [-0.05, 0) is 24.3 Å². The maximum absolute atomic E-state index is 12.4. The van der Waals surface area contributed by atoms with E-state index in [0.29, 0.717) is 0 Å². The number of sulfone groups is 1. The molecule has 0 saturated heterocycles. The second kappa shape index (κ2) is 5.23. The Morgan fingerprint density at radius 2 is 1.84 bits per heavy atom. The van der Waals surface area contributed by atoms with Crippen LogP contribution in [0.2, 0.25) is 0 Å². The molecular formula is C12H11NO5S. The predicted molar refractivity (Wildman–Crippen MR) is 66.9 cm³/mol. The highest BCUT2D eigenvalue weighted by Crippen LogP contribution is 2.29. The lowest BCUT2D eigenvalue weighted by atomic mass is 10.3. The summed E-state index contributed by atoms with van der Waals surface area (Å²) in [5, 5.41) is 9.36. The van der Waals surface area contributed by atoms with E-state index in [1.54, 1.807) is 18.2 Å². The number of hydrogen-bond donors (Lipinski definition) is 0. The molecule has 0 saturated carbocycles. The van der Waals surface area contributed by atoms with Crippen LogP contribution in [0, 0.1) is 10.1 Å². The molecule has 0 N–H and O–H groups in total. The van der Waals surface area contributed by atoms with Crippen molar-refractivity contribution >= 4 is 9.84 Å². The lowest BCUT2D eigenvalue weighted by molar-refractivity contribution is -0.480. The van der Waals surface area contributed by atoms with Crippen LogP contribution in [0.1, 0.15) is 11.0 Å². The summed E-state index contributed by atoms with van der Waals surface area (Å²) in [6.07, 6.45) is 1.29. The SMILES string of the molecule is O=[N+]([O-])C[C@@H](c1ccco1)S(=O)(=O)c1ccccc1. The summed E-state index contributed by atoms with van der Waals surface area (Å²) >= 11 is 0. The molecule has 0 aliphatic heterocycles. The molecule has 0 aliphatic carbocycles. The molecule has 0 amide bonds. The van der Waals surface area contributed by atoms with Gasteiger partial charge in [-0.3, -0.25) is 10.1 Å². The summed E-state index contributed by atoms with van der Waals surface area (Å²) in [6, 6.07) is 10.6. The van der Waals surface area contributed by atoms with Crippen molar-refractivity contribution in [2.24, 2.45) is 0 Å². The van der Waals surface area contributed by atoms with Crippen molar-refractivity contribution in [2.75, 3.05) is 6.54 Å². The van der Waals surface area contributed by atoms with Crippen LogP contribution >= 0.6 is 0 Å². The van der Waals surface area contributed by atoms with Crippen LogP contribution in [0.4, 0.5) is 0 Å². The first kappa shape index (κ1) is 13.3. The third kappa shape index (κ3) is 2.82. The van der Waals surface area contributed by atoms with E-state index >= 15 is 0 Å². The van der Waals surface area contributed by atoms with E-state index in [-0.39, 0.29) is 10.7 Å². The zero-order valence-corrected chi connectivity index (χ0v) is 10.6. The highest BCUT2D eigenvalue weighted by atomic mass is 32.2. The maximum atomic E-state index is 12.4. The molecule has 7 heteroatoms. The number of furan rings is 1. The van der Waals surface area contributed by atoms with Gasteiger partial charge in [0.05, 0.1) is 11.2 Å². The van der Waals surface area contributed by atoms with E-state index in [1.807, 2.05) is 0 Å². The first-order valence-electron chi connectivity index (χ1n) is 5.46. The number of rotatable bonds is 5. The molecule has 0 fully saturated rings. The molecule has 6 nitrogen and oxygen atoms in total. The largest absolute Gasteiger partial charge is 0.468 e. The lowest BCUT2D eigenvalue weighted by Gasteiger charge is -2.11. The average Bonchev–Trinajstić information content (AvgIpc) is 2.90. The Morgan fingerprint density at radius 1 is 1.16 bits per heavy atom. The van der Waals surface area contributed by atoms with E-state index in [9.17, 15) is 18.5 Å². The van der Waals surface area contributed by atoms with Crippen LogP contribution in [0.3, 0.4) is 0 Å². The van der Waals surface area contributed by atoms with E-state index < -0.39 is 26.6 Å². The molecule has 2 aromatic rings. The van der Waals surface area contributed by atoms with Crippen molar-refractivity contribution in [3.05, 3.63) is 64.6 Å². The Hall–Kier alpha value is -2.15. The van der Waals surface area contributed by atoms with Crippen molar-refractivity contribution in [1.82, 2.24) is 0 Å². The second-order valence-corrected chi connectivity index (χ2v) is 6.01. The molecule has 1 atom stereocenters. The summed E-state index contributed by atoms with van der Waals surface area (Å²) in [4.78, 5) is 10.1. The van der Waals surface area contributed by atoms with E-state index in [2.05, 4.69) is 0 Å². The molecule has 1 aromatic heterocycles. The topological polar surface area (TPSA) is 90.4 Å². The van der Waals surface area contributed by atoms with Gasteiger partial charge in [-0.2, -0.15) is 0 Å². The van der Waals surface area contributed by atoms with Gasteiger partial charge in [-0.25, -0.2) is 8.42 Å². The summed E-state index contributed by atoms with van der Waals surface area (Å²) in [5.74, 6) is 0.0700. The normalized spacial score (nSPS) is 13.1. The predicted octanol–water partition coefficient (Wildman–Crippen LogP) is 2.07. The number of nitro groups is 1. The summed E-state index contributed by atoms with van der Waals surface area (Å²) in [7, 11) is -3.85. The molecular weight excluding hydrogens is 270 g/mol. The molecule has 0 spiro atoms. The molecule has 0 aliphatic rings. The van der Waals surface area contributed by atoms with Gasteiger partial charge in [0.2, 0.25) is 6.54 Å². The van der Waals surface area contributed by atoms with Crippen molar-refractivity contribution in [3.63, 3.8) is 0 Å². The summed E-state index contributed by atoms with van der Waals surface area (Å²) < 4.78 is 29.8. The van der Waals surface area contributed by atoms with Gasteiger partial charge in [-0.15, -0.1) is 0 Å². The van der Waals surface area contributed by atoms with Gasteiger partial charge in [-0.1, -0.05) is 18.2 Å². The number of benzene rings is 1. The van der Waals surface area contributed by atoms with Crippen LogP contribution in [-0.4, -0.2) is 19.9 Å². The lowest BCUT2D eigenvalue weighted by Crippen LogP contribution is -2.21. The van der Waals surface area contributed by atoms with Gasteiger partial charge < -0.3 is 4.42 Å². The Balaban J connectivity index is 2.47. The fraction of sp³-hybridized carbons (Fsp3) is 0.167. The zero-order chi connectivity index (χ0) is 13.9. The van der Waals surface area contributed by atoms with Crippen LogP contribution in [0.5, 0.6) is 0 Å². The fourth-order valence-corrected chi connectivity index (χ4v) is 3.35. The highest BCUT2D eigenvalue weighted by molar-refractivity contribution is 7.91. The molecule has 100 valence electrons. The fourth-order valence-electron chi connectivity index (χ4n) is 1.73. The van der Waals surface area contributed by atoms with Crippen LogP contribution in [0.25, 0.3) is 0 Å². The minimum atomic E-state index is -3.85. The van der Waals surface area contributed by atoms with Gasteiger partial charge in [0.25, 0.3) is 0 Å². The Labute approximate surface area is 109 Å².